The molecule has 0 amide bonds. The summed E-state index contributed by atoms with van der Waals surface area (Å²) in [5.74, 6) is -0.216. The standard InChI is InChI=1S/C9H7BrN4O2/c10-5-1-3-6(4-2-5)16-9(15)7-8(11)13-14-12-7/h1-4H,(H3,11,12,13,14). The monoisotopic (exact) mass is 282 g/mol. The number of hydrogen-bond acceptors (Lipinski definition) is 5. The molecule has 1 aromatic carbocycles. The Morgan fingerprint density at radius 2 is 2.00 bits per heavy atom. The van der Waals surface area contributed by atoms with Crippen molar-refractivity contribution in [2.75, 3.05) is 5.73 Å². The molecule has 3 N–H and O–H groups in total. The van der Waals surface area contributed by atoms with Crippen LogP contribution >= 0.6 is 15.9 Å². The number of nitrogens with two attached hydrogens (primary N) is 1. The fourth-order valence-corrected chi connectivity index (χ4v) is 1.31. The number of nitrogens with one attached hydrogen (secondary N) is 1. The van der Waals surface area contributed by atoms with Crippen molar-refractivity contribution in [2.24, 2.45) is 0 Å². The highest BCUT2D eigenvalue weighted by Crippen LogP contribution is 2.17. The average molecular weight is 283 g/mol. The van der Waals surface area contributed by atoms with Crippen LogP contribution in [0.4, 0.5) is 5.82 Å². The molecule has 0 aliphatic carbocycles. The van der Waals surface area contributed by atoms with Crippen LogP contribution in [0.1, 0.15) is 10.5 Å². The van der Waals surface area contributed by atoms with E-state index in [2.05, 4.69) is 31.3 Å². The van der Waals surface area contributed by atoms with Gasteiger partial charge in [0.25, 0.3) is 0 Å². The maximum Gasteiger partial charge on any atom is 0.368 e. The number of aromatic nitrogens is 3. The van der Waals surface area contributed by atoms with Gasteiger partial charge in [0.2, 0.25) is 5.69 Å². The van der Waals surface area contributed by atoms with Gasteiger partial charge in [-0.25, -0.2) is 4.79 Å². The number of halogens is 1. The second-order valence-electron chi connectivity index (χ2n) is 2.90. The van der Waals surface area contributed by atoms with Gasteiger partial charge in [0.15, 0.2) is 5.82 Å². The molecule has 0 unspecified atom stereocenters. The number of aromatic amines is 1. The number of benzene rings is 1. The molecule has 2 rings (SSSR count). The fourth-order valence-electron chi connectivity index (χ4n) is 1.05. The van der Waals surface area contributed by atoms with Gasteiger partial charge in [0.1, 0.15) is 5.75 Å². The summed E-state index contributed by atoms with van der Waals surface area (Å²) in [5.41, 5.74) is 5.38. The highest BCUT2D eigenvalue weighted by atomic mass is 79.9. The molecular weight excluding hydrogens is 276 g/mol. The summed E-state index contributed by atoms with van der Waals surface area (Å²) in [5, 5.41) is 9.35. The Hall–Kier alpha value is -1.89. The molecule has 2 aromatic rings. The first-order chi connectivity index (χ1) is 7.66. The summed E-state index contributed by atoms with van der Waals surface area (Å²) in [6.07, 6.45) is 0. The normalized spacial score (nSPS) is 10.1. The van der Waals surface area contributed by atoms with Crippen LogP contribution in [0.25, 0.3) is 0 Å². The molecule has 0 aliphatic rings. The first-order valence-corrected chi connectivity index (χ1v) is 5.10. The molecule has 0 bridgehead atoms. The number of ether oxygens (including phenoxy) is 1. The van der Waals surface area contributed by atoms with Crippen molar-refractivity contribution in [2.45, 2.75) is 0 Å². The van der Waals surface area contributed by atoms with Gasteiger partial charge < -0.3 is 10.5 Å². The van der Waals surface area contributed by atoms with Crippen LogP contribution < -0.4 is 10.5 Å². The zero-order chi connectivity index (χ0) is 11.5. The number of esters is 1. The molecule has 1 aromatic heterocycles. The quantitative estimate of drug-likeness (QED) is 0.641. The Bertz CT molecular complexity index is 508. The van der Waals surface area contributed by atoms with Crippen molar-refractivity contribution in [3.05, 3.63) is 34.4 Å². The maximum atomic E-state index is 11.5. The van der Waals surface area contributed by atoms with Crippen molar-refractivity contribution in [3.63, 3.8) is 0 Å². The van der Waals surface area contributed by atoms with E-state index in [9.17, 15) is 4.79 Å². The van der Waals surface area contributed by atoms with Crippen LogP contribution in [0, 0.1) is 0 Å². The van der Waals surface area contributed by atoms with E-state index in [1.807, 2.05) is 0 Å². The van der Waals surface area contributed by atoms with Crippen LogP contribution in [0.2, 0.25) is 0 Å². The maximum absolute atomic E-state index is 11.5. The average Bonchev–Trinajstić information content (AvgIpc) is 2.68. The molecule has 0 spiro atoms. The third-order valence-electron chi connectivity index (χ3n) is 1.79. The zero-order valence-electron chi connectivity index (χ0n) is 7.98. The van der Waals surface area contributed by atoms with E-state index in [4.69, 9.17) is 10.5 Å². The van der Waals surface area contributed by atoms with Gasteiger partial charge in [0.05, 0.1) is 0 Å². The van der Waals surface area contributed by atoms with Gasteiger partial charge in [-0.15, -0.1) is 10.2 Å². The molecule has 1 heterocycles. The summed E-state index contributed by atoms with van der Waals surface area (Å²) in [6.45, 7) is 0. The largest absolute Gasteiger partial charge is 0.422 e. The number of H-pyrrole nitrogens is 1. The minimum absolute atomic E-state index is 0.0158. The van der Waals surface area contributed by atoms with E-state index in [1.165, 1.54) is 0 Å². The van der Waals surface area contributed by atoms with Crippen LogP contribution in [0.5, 0.6) is 5.75 Å². The second-order valence-corrected chi connectivity index (χ2v) is 3.82. The summed E-state index contributed by atoms with van der Waals surface area (Å²) in [7, 11) is 0. The predicted molar refractivity (Wildman–Crippen MR) is 59.9 cm³/mol. The van der Waals surface area contributed by atoms with E-state index in [-0.39, 0.29) is 11.5 Å². The minimum atomic E-state index is -0.645. The molecular formula is C9H7BrN4O2. The van der Waals surface area contributed by atoms with E-state index < -0.39 is 5.97 Å². The number of nitrogens with zero attached hydrogens (tertiary/aromatic N) is 2. The Balaban J connectivity index is 2.14. The van der Waals surface area contributed by atoms with Gasteiger partial charge >= 0.3 is 5.97 Å². The van der Waals surface area contributed by atoms with Gasteiger partial charge in [-0.2, -0.15) is 5.21 Å². The smallest absolute Gasteiger partial charge is 0.368 e. The third-order valence-corrected chi connectivity index (χ3v) is 2.32. The van der Waals surface area contributed by atoms with Crippen molar-refractivity contribution in [3.8, 4) is 5.75 Å². The SMILES string of the molecule is Nc1n[nH]nc1C(=O)Oc1ccc(Br)cc1. The summed E-state index contributed by atoms with van der Waals surface area (Å²) in [6, 6.07) is 6.82. The first-order valence-electron chi connectivity index (χ1n) is 4.31. The predicted octanol–water partition coefficient (Wildman–Crippen LogP) is 1.37. The molecule has 7 heteroatoms. The molecule has 0 fully saturated rings. The number of carbonyl (C=O) groups is 1. The Morgan fingerprint density at radius 1 is 1.31 bits per heavy atom. The summed E-state index contributed by atoms with van der Waals surface area (Å²) in [4.78, 5) is 11.5. The zero-order valence-corrected chi connectivity index (χ0v) is 9.56. The van der Waals surface area contributed by atoms with Gasteiger partial charge in [-0.1, -0.05) is 15.9 Å². The van der Waals surface area contributed by atoms with Crippen molar-refractivity contribution in [1.82, 2.24) is 15.4 Å². The number of rotatable bonds is 2. The Labute approximate surface area is 98.9 Å². The lowest BCUT2D eigenvalue weighted by Crippen LogP contribution is -2.11. The van der Waals surface area contributed by atoms with Gasteiger partial charge in [0, 0.05) is 4.47 Å². The number of anilines is 1. The molecule has 0 saturated heterocycles. The molecule has 0 atom stereocenters. The van der Waals surface area contributed by atoms with Crippen LogP contribution in [0.15, 0.2) is 28.7 Å². The van der Waals surface area contributed by atoms with Gasteiger partial charge in [-0.05, 0) is 24.3 Å². The van der Waals surface area contributed by atoms with Crippen LogP contribution in [-0.4, -0.2) is 21.4 Å². The Kier molecular flexibility index (Phi) is 2.86. The van der Waals surface area contributed by atoms with Crippen LogP contribution in [-0.2, 0) is 0 Å². The molecule has 0 saturated carbocycles. The highest BCUT2D eigenvalue weighted by molar-refractivity contribution is 9.10. The number of hydrogen-bond donors (Lipinski definition) is 2. The number of carbonyl (C=O) groups excluding carboxylic acids is 1. The van der Waals surface area contributed by atoms with Crippen molar-refractivity contribution in [1.29, 1.82) is 0 Å². The summed E-state index contributed by atoms with van der Waals surface area (Å²) < 4.78 is 5.93. The highest BCUT2D eigenvalue weighted by Gasteiger charge is 2.16. The number of nitrogen functional groups attached to an aromatic ring is 1. The molecule has 16 heavy (non-hydrogen) atoms. The summed E-state index contributed by atoms with van der Waals surface area (Å²) >= 11 is 3.27. The van der Waals surface area contributed by atoms with E-state index in [0.29, 0.717) is 5.75 Å². The van der Waals surface area contributed by atoms with E-state index in [0.717, 1.165) is 4.47 Å². The third kappa shape index (κ3) is 2.19. The lowest BCUT2D eigenvalue weighted by molar-refractivity contribution is 0.0729. The van der Waals surface area contributed by atoms with Crippen molar-refractivity contribution >= 4 is 27.7 Å². The van der Waals surface area contributed by atoms with Crippen molar-refractivity contribution < 1.29 is 9.53 Å². The Morgan fingerprint density at radius 3 is 2.56 bits per heavy atom. The molecule has 0 radical (unpaired) electrons. The fraction of sp³-hybridized carbons (Fsp3) is 0. The lowest BCUT2D eigenvalue weighted by Gasteiger charge is -2.01. The van der Waals surface area contributed by atoms with Gasteiger partial charge in [-0.3, -0.25) is 0 Å². The molecule has 82 valence electrons. The lowest BCUT2D eigenvalue weighted by atomic mass is 10.3. The topological polar surface area (TPSA) is 93.9 Å². The van der Waals surface area contributed by atoms with E-state index in [1.54, 1.807) is 24.3 Å². The molecule has 0 aliphatic heterocycles. The first kappa shape index (κ1) is 10.6. The van der Waals surface area contributed by atoms with E-state index >= 15 is 0 Å². The second kappa shape index (κ2) is 4.31. The molecule has 6 nitrogen and oxygen atoms in total. The minimum Gasteiger partial charge on any atom is -0.422 e. The van der Waals surface area contributed by atoms with Crippen LogP contribution in [0.3, 0.4) is 0 Å².